The summed E-state index contributed by atoms with van der Waals surface area (Å²) in [6.07, 6.45) is 4.20. The van der Waals surface area contributed by atoms with E-state index in [2.05, 4.69) is 35.1 Å². The summed E-state index contributed by atoms with van der Waals surface area (Å²) in [7, 11) is -4.14. The van der Waals surface area contributed by atoms with Crippen LogP contribution in [0.3, 0.4) is 0 Å². The second-order valence-corrected chi connectivity index (χ2v) is 15.2. The molecule has 1 aliphatic rings. The van der Waals surface area contributed by atoms with Crippen LogP contribution in [0.15, 0.2) is 119 Å². The molecule has 1 fully saturated rings. The van der Waals surface area contributed by atoms with Crippen LogP contribution in [0.25, 0.3) is 0 Å². The van der Waals surface area contributed by atoms with Crippen LogP contribution < -0.4 is 9.62 Å². The maximum absolute atomic E-state index is 14.7. The van der Waals surface area contributed by atoms with Crippen LogP contribution in [0.4, 0.5) is 5.69 Å². The number of carbonyl (C=O) groups is 2. The van der Waals surface area contributed by atoms with Crippen molar-refractivity contribution < 1.29 is 18.0 Å². The summed E-state index contributed by atoms with van der Waals surface area (Å²) in [4.78, 5) is 30.4. The lowest BCUT2D eigenvalue weighted by Gasteiger charge is -2.34. The summed E-state index contributed by atoms with van der Waals surface area (Å²) >= 11 is 3.48. The highest BCUT2D eigenvalue weighted by Crippen LogP contribution is 2.27. The molecule has 2 amide bonds. The number of rotatable bonds is 13. The molecular formula is C38H42BrN3O4S. The van der Waals surface area contributed by atoms with Gasteiger partial charge in [0.05, 0.1) is 10.6 Å². The summed E-state index contributed by atoms with van der Waals surface area (Å²) in [6.45, 7) is 3.80. The van der Waals surface area contributed by atoms with Crippen molar-refractivity contribution in [3.8, 4) is 0 Å². The number of anilines is 1. The van der Waals surface area contributed by atoms with E-state index in [9.17, 15) is 18.0 Å². The smallest absolute Gasteiger partial charge is 0.264 e. The first-order chi connectivity index (χ1) is 22.6. The van der Waals surface area contributed by atoms with E-state index in [1.807, 2.05) is 66.7 Å². The van der Waals surface area contributed by atoms with Gasteiger partial charge in [-0.05, 0) is 71.8 Å². The van der Waals surface area contributed by atoms with Crippen molar-refractivity contribution in [2.45, 2.75) is 75.4 Å². The van der Waals surface area contributed by atoms with Gasteiger partial charge in [-0.1, -0.05) is 115 Å². The Morgan fingerprint density at radius 1 is 0.809 bits per heavy atom. The van der Waals surface area contributed by atoms with Gasteiger partial charge in [-0.2, -0.15) is 0 Å². The van der Waals surface area contributed by atoms with Gasteiger partial charge in [-0.15, -0.1) is 0 Å². The highest BCUT2D eigenvalue weighted by atomic mass is 79.9. The normalized spacial score (nSPS) is 14.1. The number of halogens is 1. The molecule has 0 spiro atoms. The second kappa shape index (κ2) is 15.8. The molecule has 0 aliphatic heterocycles. The predicted molar refractivity (Wildman–Crippen MR) is 191 cm³/mol. The minimum atomic E-state index is -4.14. The Labute approximate surface area is 287 Å². The zero-order valence-electron chi connectivity index (χ0n) is 26.9. The fourth-order valence-corrected chi connectivity index (χ4v) is 7.68. The average molecular weight is 717 g/mol. The lowest BCUT2D eigenvalue weighted by Crippen LogP contribution is -2.54. The molecule has 0 aromatic heterocycles. The SMILES string of the molecule is CC(C)c1ccc(N(CC(=O)N(Cc2ccc(Br)cc2)C(Cc2ccccc2)C(=O)NC2CCCC2)S(=O)(=O)c2ccccc2)cc1. The molecule has 1 saturated carbocycles. The standard InChI is InChI=1S/C38H42BrN3O4S/c1-28(2)31-19-23-34(24-20-31)42(47(45,46)35-15-7-4-8-16-35)27-37(43)41(26-30-17-21-32(39)22-18-30)36(25-29-11-5-3-6-12-29)38(44)40-33-13-9-10-14-33/h3-8,11-12,15-24,28,33,36H,9-10,13-14,25-27H2,1-2H3,(H,40,44). The van der Waals surface area contributed by atoms with Crippen molar-refractivity contribution in [3.05, 3.63) is 130 Å². The van der Waals surface area contributed by atoms with Crippen molar-refractivity contribution >= 4 is 43.5 Å². The van der Waals surface area contributed by atoms with Crippen LogP contribution in [-0.4, -0.2) is 43.8 Å². The molecule has 47 heavy (non-hydrogen) atoms. The molecule has 7 nitrogen and oxygen atoms in total. The third-order valence-electron chi connectivity index (χ3n) is 8.70. The van der Waals surface area contributed by atoms with Crippen molar-refractivity contribution in [2.24, 2.45) is 0 Å². The van der Waals surface area contributed by atoms with Crippen LogP contribution in [0.2, 0.25) is 0 Å². The van der Waals surface area contributed by atoms with Gasteiger partial charge in [0.25, 0.3) is 10.0 Å². The summed E-state index contributed by atoms with van der Waals surface area (Å²) in [5.74, 6) is -0.448. The summed E-state index contributed by atoms with van der Waals surface area (Å²) in [5, 5.41) is 3.22. The van der Waals surface area contributed by atoms with Gasteiger partial charge in [0.2, 0.25) is 11.8 Å². The zero-order valence-corrected chi connectivity index (χ0v) is 29.3. The Hall–Kier alpha value is -3.95. The molecule has 1 aliphatic carbocycles. The van der Waals surface area contributed by atoms with E-state index in [0.717, 1.165) is 51.2 Å². The van der Waals surface area contributed by atoms with E-state index in [1.54, 1.807) is 35.2 Å². The van der Waals surface area contributed by atoms with Gasteiger partial charge in [0, 0.05) is 23.5 Å². The van der Waals surface area contributed by atoms with Crippen LogP contribution in [0, 0.1) is 0 Å². The van der Waals surface area contributed by atoms with Crippen LogP contribution >= 0.6 is 15.9 Å². The number of nitrogens with one attached hydrogen (secondary N) is 1. The molecule has 1 unspecified atom stereocenters. The molecule has 246 valence electrons. The van der Waals surface area contributed by atoms with Crippen molar-refractivity contribution in [1.82, 2.24) is 10.2 Å². The van der Waals surface area contributed by atoms with Crippen LogP contribution in [0.1, 0.15) is 62.1 Å². The molecule has 0 saturated heterocycles. The summed E-state index contributed by atoms with van der Waals surface area (Å²) in [5.41, 5.74) is 3.17. The lowest BCUT2D eigenvalue weighted by atomic mass is 10.0. The van der Waals surface area contributed by atoms with Gasteiger partial charge in [-0.3, -0.25) is 13.9 Å². The minimum Gasteiger partial charge on any atom is -0.352 e. The monoisotopic (exact) mass is 715 g/mol. The highest BCUT2D eigenvalue weighted by Gasteiger charge is 2.35. The largest absolute Gasteiger partial charge is 0.352 e. The Morgan fingerprint density at radius 2 is 1.40 bits per heavy atom. The van der Waals surface area contributed by atoms with Gasteiger partial charge >= 0.3 is 0 Å². The molecule has 0 heterocycles. The average Bonchev–Trinajstić information content (AvgIpc) is 3.60. The number of amides is 2. The maximum atomic E-state index is 14.7. The lowest BCUT2D eigenvalue weighted by molar-refractivity contribution is -0.140. The van der Waals surface area contributed by atoms with E-state index in [4.69, 9.17) is 0 Å². The van der Waals surface area contributed by atoms with Crippen molar-refractivity contribution in [1.29, 1.82) is 0 Å². The molecular weight excluding hydrogens is 674 g/mol. The molecule has 4 aromatic rings. The Kier molecular flexibility index (Phi) is 11.5. The highest BCUT2D eigenvalue weighted by molar-refractivity contribution is 9.10. The summed E-state index contributed by atoms with van der Waals surface area (Å²) < 4.78 is 30.5. The van der Waals surface area contributed by atoms with E-state index in [1.165, 1.54) is 12.1 Å². The first kappa shape index (κ1) is 34.4. The third kappa shape index (κ3) is 8.90. The molecule has 0 radical (unpaired) electrons. The third-order valence-corrected chi connectivity index (χ3v) is 11.0. The van der Waals surface area contributed by atoms with Crippen molar-refractivity contribution in [3.63, 3.8) is 0 Å². The number of nitrogens with zero attached hydrogens (tertiary/aromatic N) is 2. The molecule has 5 rings (SSSR count). The van der Waals surface area contributed by atoms with Gasteiger partial charge < -0.3 is 10.2 Å². The quantitative estimate of drug-likeness (QED) is 0.156. The zero-order chi connectivity index (χ0) is 33.4. The number of benzene rings is 4. The molecule has 0 bridgehead atoms. The number of hydrogen-bond donors (Lipinski definition) is 1. The second-order valence-electron chi connectivity index (χ2n) is 12.4. The Bertz CT molecular complexity index is 1730. The minimum absolute atomic E-state index is 0.0554. The maximum Gasteiger partial charge on any atom is 0.264 e. The van der Waals surface area contributed by atoms with Gasteiger partial charge in [-0.25, -0.2) is 8.42 Å². The van der Waals surface area contributed by atoms with E-state index >= 15 is 0 Å². The Balaban J connectivity index is 1.56. The first-order valence-electron chi connectivity index (χ1n) is 16.2. The fourth-order valence-electron chi connectivity index (χ4n) is 5.98. The first-order valence-corrected chi connectivity index (χ1v) is 18.4. The van der Waals surface area contributed by atoms with E-state index in [-0.39, 0.29) is 35.7 Å². The predicted octanol–water partition coefficient (Wildman–Crippen LogP) is 7.47. The van der Waals surface area contributed by atoms with Gasteiger partial charge in [0.15, 0.2) is 0 Å². The molecule has 1 atom stereocenters. The number of carbonyl (C=O) groups excluding carboxylic acids is 2. The fraction of sp³-hybridized carbons (Fsp3) is 0.316. The molecule has 4 aromatic carbocycles. The molecule has 1 N–H and O–H groups in total. The van der Waals surface area contributed by atoms with E-state index < -0.39 is 28.5 Å². The van der Waals surface area contributed by atoms with Gasteiger partial charge in [0.1, 0.15) is 12.6 Å². The van der Waals surface area contributed by atoms with Crippen LogP contribution in [0.5, 0.6) is 0 Å². The Morgan fingerprint density at radius 3 is 2.00 bits per heavy atom. The number of hydrogen-bond acceptors (Lipinski definition) is 4. The van der Waals surface area contributed by atoms with Crippen molar-refractivity contribution in [2.75, 3.05) is 10.8 Å². The van der Waals surface area contributed by atoms with E-state index in [0.29, 0.717) is 5.69 Å². The topological polar surface area (TPSA) is 86.8 Å². The van der Waals surface area contributed by atoms with Crippen LogP contribution in [-0.2, 0) is 32.6 Å². The summed E-state index contributed by atoms with van der Waals surface area (Å²) in [6, 6.07) is 31.8. The molecule has 9 heteroatoms. The number of sulfonamides is 1.